The van der Waals surface area contributed by atoms with Crippen molar-refractivity contribution in [3.8, 4) is 34.4 Å². The van der Waals surface area contributed by atoms with E-state index in [1.807, 2.05) is 66.7 Å². The summed E-state index contributed by atoms with van der Waals surface area (Å²) in [6.45, 7) is 0.487. The molecule has 3 aromatic carbocycles. The molecule has 1 N–H and O–H groups in total. The standard InChI is InChI=1S/C27H25N5O4/c1-33-22-14-19(15-23(34-2)25(22)35-3)26-28-13-12-24-30-27(31-32(24)26)29-20-10-7-11-21(16-20)36-17-18-8-5-4-6-9-18/h4-16H,17H2,1-3H3,(H,29,31). The summed E-state index contributed by atoms with van der Waals surface area (Å²) in [5.41, 5.74) is 3.28. The molecule has 9 heteroatoms. The maximum absolute atomic E-state index is 5.94. The number of fused-ring (bicyclic) bond motifs is 1. The van der Waals surface area contributed by atoms with Gasteiger partial charge in [-0.15, -0.1) is 5.10 Å². The Bertz CT molecular complexity index is 1460. The fourth-order valence-corrected chi connectivity index (χ4v) is 3.81. The molecule has 0 saturated carbocycles. The highest BCUT2D eigenvalue weighted by Crippen LogP contribution is 2.40. The SMILES string of the molecule is COc1cc(-c2nccc3nc(Nc4cccc(OCc5ccccc5)c4)nn23)cc(OC)c1OC. The lowest BCUT2D eigenvalue weighted by atomic mass is 10.1. The van der Waals surface area contributed by atoms with Gasteiger partial charge in [-0.25, -0.2) is 4.98 Å². The van der Waals surface area contributed by atoms with Gasteiger partial charge in [0.25, 0.3) is 0 Å². The molecule has 5 aromatic rings. The monoisotopic (exact) mass is 483 g/mol. The normalized spacial score (nSPS) is 10.8. The Hall–Kier alpha value is -4.79. The lowest BCUT2D eigenvalue weighted by Crippen LogP contribution is -2.00. The van der Waals surface area contributed by atoms with Gasteiger partial charge >= 0.3 is 0 Å². The summed E-state index contributed by atoms with van der Waals surface area (Å²) in [6.07, 6.45) is 1.68. The van der Waals surface area contributed by atoms with E-state index in [2.05, 4.69) is 20.4 Å². The molecular weight excluding hydrogens is 458 g/mol. The highest BCUT2D eigenvalue weighted by molar-refractivity contribution is 5.68. The van der Waals surface area contributed by atoms with Crippen molar-refractivity contribution in [2.24, 2.45) is 0 Å². The number of nitrogens with one attached hydrogen (secondary N) is 1. The average Bonchev–Trinajstić information content (AvgIpc) is 3.34. The molecule has 0 aliphatic heterocycles. The molecule has 0 radical (unpaired) electrons. The third-order valence-corrected chi connectivity index (χ3v) is 5.51. The van der Waals surface area contributed by atoms with E-state index < -0.39 is 0 Å². The van der Waals surface area contributed by atoms with Gasteiger partial charge in [-0.05, 0) is 29.8 Å². The number of anilines is 2. The minimum atomic E-state index is 0.428. The van der Waals surface area contributed by atoms with Crippen LogP contribution in [-0.2, 0) is 6.61 Å². The van der Waals surface area contributed by atoms with E-state index in [9.17, 15) is 0 Å². The van der Waals surface area contributed by atoms with Gasteiger partial charge in [0.05, 0.1) is 21.3 Å². The lowest BCUT2D eigenvalue weighted by Gasteiger charge is -2.14. The van der Waals surface area contributed by atoms with E-state index in [1.54, 1.807) is 38.1 Å². The smallest absolute Gasteiger partial charge is 0.247 e. The number of benzene rings is 3. The average molecular weight is 484 g/mol. The van der Waals surface area contributed by atoms with Gasteiger partial charge in [-0.3, -0.25) is 0 Å². The summed E-state index contributed by atoms with van der Waals surface area (Å²) in [7, 11) is 4.71. The first-order chi connectivity index (χ1) is 17.7. The quantitative estimate of drug-likeness (QED) is 0.308. The molecule has 0 atom stereocenters. The Balaban J connectivity index is 1.42. The van der Waals surface area contributed by atoms with Crippen LogP contribution in [0.15, 0.2) is 79.0 Å². The van der Waals surface area contributed by atoms with E-state index in [0.717, 1.165) is 22.6 Å². The van der Waals surface area contributed by atoms with Crippen molar-refractivity contribution < 1.29 is 18.9 Å². The van der Waals surface area contributed by atoms with E-state index in [4.69, 9.17) is 18.9 Å². The topological polar surface area (TPSA) is 92.0 Å². The van der Waals surface area contributed by atoms with Crippen molar-refractivity contribution >= 4 is 17.3 Å². The Labute approximate surface area is 208 Å². The molecule has 2 aromatic heterocycles. The second-order valence-corrected chi connectivity index (χ2v) is 7.81. The second kappa shape index (κ2) is 10.2. The summed E-state index contributed by atoms with van der Waals surface area (Å²) >= 11 is 0. The molecule has 0 saturated heterocycles. The maximum Gasteiger partial charge on any atom is 0.247 e. The number of methoxy groups -OCH3 is 3. The number of ether oxygens (including phenoxy) is 4. The van der Waals surface area contributed by atoms with Crippen molar-refractivity contribution in [2.45, 2.75) is 6.61 Å². The largest absolute Gasteiger partial charge is 0.493 e. The minimum absolute atomic E-state index is 0.428. The molecule has 36 heavy (non-hydrogen) atoms. The number of hydrogen-bond donors (Lipinski definition) is 1. The molecule has 182 valence electrons. The minimum Gasteiger partial charge on any atom is -0.493 e. The summed E-state index contributed by atoms with van der Waals surface area (Å²) in [4.78, 5) is 9.14. The predicted molar refractivity (Wildman–Crippen MR) is 136 cm³/mol. The van der Waals surface area contributed by atoms with Gasteiger partial charge in [-0.2, -0.15) is 9.50 Å². The van der Waals surface area contributed by atoms with Gasteiger partial charge in [0, 0.05) is 29.6 Å². The molecule has 0 aliphatic carbocycles. The van der Waals surface area contributed by atoms with Gasteiger partial charge in [0.15, 0.2) is 23.0 Å². The number of rotatable bonds is 9. The zero-order chi connectivity index (χ0) is 24.9. The first kappa shape index (κ1) is 23.0. The molecule has 0 amide bonds. The van der Waals surface area contributed by atoms with E-state index in [0.29, 0.717) is 41.3 Å². The molecular formula is C27H25N5O4. The van der Waals surface area contributed by atoms with Crippen LogP contribution in [-0.4, -0.2) is 40.9 Å². The molecule has 9 nitrogen and oxygen atoms in total. The van der Waals surface area contributed by atoms with Gasteiger partial charge in [-0.1, -0.05) is 36.4 Å². The first-order valence-corrected chi connectivity index (χ1v) is 11.2. The maximum atomic E-state index is 5.94. The van der Waals surface area contributed by atoms with Crippen molar-refractivity contribution in [2.75, 3.05) is 26.6 Å². The van der Waals surface area contributed by atoms with Crippen LogP contribution in [0.3, 0.4) is 0 Å². The highest BCUT2D eigenvalue weighted by Gasteiger charge is 2.17. The van der Waals surface area contributed by atoms with Crippen LogP contribution in [0.4, 0.5) is 11.6 Å². The second-order valence-electron chi connectivity index (χ2n) is 7.81. The third kappa shape index (κ3) is 4.72. The molecule has 0 spiro atoms. The van der Waals surface area contributed by atoms with Crippen LogP contribution >= 0.6 is 0 Å². The van der Waals surface area contributed by atoms with E-state index in [1.165, 1.54) is 0 Å². The molecule has 0 unspecified atom stereocenters. The van der Waals surface area contributed by atoms with Crippen LogP contribution < -0.4 is 24.3 Å². The Kier molecular flexibility index (Phi) is 6.53. The molecule has 5 rings (SSSR count). The summed E-state index contributed by atoms with van der Waals surface area (Å²) in [6, 6.07) is 23.1. The zero-order valence-corrected chi connectivity index (χ0v) is 20.1. The van der Waals surface area contributed by atoms with Crippen molar-refractivity contribution in [3.63, 3.8) is 0 Å². The fourth-order valence-electron chi connectivity index (χ4n) is 3.81. The van der Waals surface area contributed by atoms with E-state index in [-0.39, 0.29) is 0 Å². The van der Waals surface area contributed by atoms with E-state index >= 15 is 0 Å². The molecule has 0 bridgehead atoms. The van der Waals surface area contributed by atoms with Gasteiger partial charge in [0.1, 0.15) is 12.4 Å². The fraction of sp³-hybridized carbons (Fsp3) is 0.148. The van der Waals surface area contributed by atoms with Crippen LogP contribution in [0.5, 0.6) is 23.0 Å². The van der Waals surface area contributed by atoms with Crippen molar-refractivity contribution in [1.82, 2.24) is 19.6 Å². The Morgan fingerprint density at radius 3 is 2.33 bits per heavy atom. The Morgan fingerprint density at radius 1 is 0.833 bits per heavy atom. The van der Waals surface area contributed by atoms with Gasteiger partial charge < -0.3 is 24.3 Å². The van der Waals surface area contributed by atoms with Crippen LogP contribution in [0.25, 0.3) is 17.0 Å². The number of hydrogen-bond acceptors (Lipinski definition) is 8. The van der Waals surface area contributed by atoms with Crippen LogP contribution in [0.1, 0.15) is 5.56 Å². The zero-order valence-electron chi connectivity index (χ0n) is 20.1. The number of aromatic nitrogens is 4. The van der Waals surface area contributed by atoms with Crippen molar-refractivity contribution in [1.29, 1.82) is 0 Å². The van der Waals surface area contributed by atoms with Crippen molar-refractivity contribution in [3.05, 3.63) is 84.6 Å². The third-order valence-electron chi connectivity index (χ3n) is 5.51. The Morgan fingerprint density at radius 2 is 1.61 bits per heavy atom. The number of nitrogens with zero attached hydrogens (tertiary/aromatic N) is 4. The summed E-state index contributed by atoms with van der Waals surface area (Å²) < 4.78 is 24.0. The molecule has 0 fully saturated rings. The van der Waals surface area contributed by atoms with Crippen LogP contribution in [0, 0.1) is 0 Å². The lowest BCUT2D eigenvalue weighted by molar-refractivity contribution is 0.306. The molecule has 0 aliphatic rings. The predicted octanol–water partition coefficient (Wildman–Crippen LogP) is 5.14. The highest BCUT2D eigenvalue weighted by atomic mass is 16.5. The molecule has 2 heterocycles. The van der Waals surface area contributed by atoms with Gasteiger partial charge in [0.2, 0.25) is 11.7 Å². The van der Waals surface area contributed by atoms with Crippen LogP contribution in [0.2, 0.25) is 0 Å². The summed E-state index contributed by atoms with van der Waals surface area (Å²) in [5, 5.41) is 7.89. The summed E-state index contributed by atoms with van der Waals surface area (Å²) in [5.74, 6) is 3.30. The first-order valence-electron chi connectivity index (χ1n) is 11.2.